The predicted molar refractivity (Wildman–Crippen MR) is 61.8 cm³/mol. The first-order valence-corrected chi connectivity index (χ1v) is 6.19. The summed E-state index contributed by atoms with van der Waals surface area (Å²) >= 11 is 3.50. The average molecular weight is 255 g/mol. The van der Waals surface area contributed by atoms with Crippen LogP contribution >= 0.6 is 15.9 Å². The van der Waals surface area contributed by atoms with Gasteiger partial charge < -0.3 is 4.74 Å². The van der Waals surface area contributed by atoms with Gasteiger partial charge in [0.2, 0.25) is 0 Å². The first-order valence-electron chi connectivity index (χ1n) is 5.07. The van der Waals surface area contributed by atoms with Gasteiger partial charge >= 0.3 is 0 Å². The number of benzene rings is 1. The van der Waals surface area contributed by atoms with Gasteiger partial charge in [0, 0.05) is 5.33 Å². The molecule has 14 heavy (non-hydrogen) atoms. The highest BCUT2D eigenvalue weighted by Crippen LogP contribution is 2.31. The van der Waals surface area contributed by atoms with Gasteiger partial charge in [-0.25, -0.2) is 0 Å². The maximum absolute atomic E-state index is 5.89. The van der Waals surface area contributed by atoms with Crippen LogP contribution in [0.3, 0.4) is 0 Å². The van der Waals surface area contributed by atoms with Crippen molar-refractivity contribution in [1.29, 1.82) is 0 Å². The monoisotopic (exact) mass is 254 g/mol. The van der Waals surface area contributed by atoms with E-state index in [2.05, 4.69) is 47.1 Å². The fourth-order valence-corrected chi connectivity index (χ4v) is 1.95. The minimum atomic E-state index is 0.225. The summed E-state index contributed by atoms with van der Waals surface area (Å²) in [5, 5.41) is 0.882. The first kappa shape index (κ1) is 10.2. The molecule has 1 aromatic rings. The topological polar surface area (TPSA) is 9.23 Å². The van der Waals surface area contributed by atoms with Crippen molar-refractivity contribution in [2.45, 2.75) is 32.0 Å². The summed E-state index contributed by atoms with van der Waals surface area (Å²) in [6, 6.07) is 8.59. The summed E-state index contributed by atoms with van der Waals surface area (Å²) in [7, 11) is 0. The Balaban J connectivity index is 2.05. The molecule has 0 bridgehead atoms. The number of alkyl halides is 1. The van der Waals surface area contributed by atoms with Crippen molar-refractivity contribution in [2.24, 2.45) is 0 Å². The predicted octanol–water partition coefficient (Wildman–Crippen LogP) is 3.61. The van der Waals surface area contributed by atoms with Crippen LogP contribution in [0.4, 0.5) is 0 Å². The molecular weight excluding hydrogens is 240 g/mol. The van der Waals surface area contributed by atoms with E-state index in [4.69, 9.17) is 4.74 Å². The van der Waals surface area contributed by atoms with Crippen LogP contribution in [-0.4, -0.2) is 11.4 Å². The minimum Gasteiger partial charge on any atom is -0.369 e. The zero-order valence-corrected chi connectivity index (χ0v) is 9.96. The van der Waals surface area contributed by atoms with Crippen molar-refractivity contribution < 1.29 is 4.74 Å². The molecule has 0 radical (unpaired) electrons. The molecule has 1 aliphatic carbocycles. The van der Waals surface area contributed by atoms with Gasteiger partial charge in [0.25, 0.3) is 0 Å². The molecule has 76 valence electrons. The number of ether oxygens (including phenoxy) is 1. The van der Waals surface area contributed by atoms with Crippen molar-refractivity contribution >= 4 is 15.9 Å². The van der Waals surface area contributed by atoms with Crippen LogP contribution < -0.4 is 0 Å². The van der Waals surface area contributed by atoms with Crippen molar-refractivity contribution in [1.82, 2.24) is 0 Å². The smallest absolute Gasteiger partial charge is 0.0925 e. The van der Waals surface area contributed by atoms with E-state index in [9.17, 15) is 0 Å². The van der Waals surface area contributed by atoms with Gasteiger partial charge in [-0.2, -0.15) is 0 Å². The molecular formula is C12H15BrO. The second-order valence-corrected chi connectivity index (χ2v) is 4.54. The van der Waals surface area contributed by atoms with E-state index < -0.39 is 0 Å². The molecule has 1 aromatic carbocycles. The molecule has 2 heteroatoms. The highest BCUT2D eigenvalue weighted by molar-refractivity contribution is 9.09. The number of hydrogen-bond acceptors (Lipinski definition) is 1. The molecule has 0 N–H and O–H groups in total. The fourth-order valence-electron chi connectivity index (χ4n) is 1.42. The minimum absolute atomic E-state index is 0.225. The number of aryl methyl sites for hydroxylation is 1. The molecule has 0 amide bonds. The van der Waals surface area contributed by atoms with Gasteiger partial charge in [-0.15, -0.1) is 0 Å². The maximum atomic E-state index is 5.89. The van der Waals surface area contributed by atoms with Crippen molar-refractivity contribution in [3.63, 3.8) is 0 Å². The third kappa shape index (κ3) is 2.58. The molecule has 0 saturated heterocycles. The Labute approximate surface area is 93.6 Å². The molecule has 2 rings (SSSR count). The Bertz CT molecular complexity index is 290. The van der Waals surface area contributed by atoms with E-state index in [-0.39, 0.29) is 6.10 Å². The Morgan fingerprint density at radius 2 is 2.00 bits per heavy atom. The van der Waals surface area contributed by atoms with Gasteiger partial charge in [-0.3, -0.25) is 0 Å². The number of hydrogen-bond donors (Lipinski definition) is 0. The van der Waals surface area contributed by atoms with E-state index in [1.165, 1.54) is 24.0 Å². The van der Waals surface area contributed by atoms with Gasteiger partial charge in [0.15, 0.2) is 0 Å². The summed E-state index contributed by atoms with van der Waals surface area (Å²) in [5.41, 5.74) is 2.58. The lowest BCUT2D eigenvalue weighted by atomic mass is 10.1. The molecule has 1 fully saturated rings. The molecule has 1 saturated carbocycles. The van der Waals surface area contributed by atoms with Gasteiger partial charge in [-0.05, 0) is 25.3 Å². The number of rotatable bonds is 4. The maximum Gasteiger partial charge on any atom is 0.0925 e. The Morgan fingerprint density at radius 3 is 2.50 bits per heavy atom. The largest absolute Gasteiger partial charge is 0.369 e. The highest BCUT2D eigenvalue weighted by atomic mass is 79.9. The van der Waals surface area contributed by atoms with Gasteiger partial charge in [0.1, 0.15) is 0 Å². The lowest BCUT2D eigenvalue weighted by Gasteiger charge is -2.15. The SMILES string of the molecule is Cc1ccc(C(CBr)OC2CC2)cc1. The van der Waals surface area contributed by atoms with Crippen LogP contribution in [0, 0.1) is 6.92 Å². The fraction of sp³-hybridized carbons (Fsp3) is 0.500. The van der Waals surface area contributed by atoms with Crippen LogP contribution in [0.2, 0.25) is 0 Å². The normalized spacial score (nSPS) is 18.1. The molecule has 1 atom stereocenters. The second kappa shape index (κ2) is 4.45. The van der Waals surface area contributed by atoms with Crippen molar-refractivity contribution in [2.75, 3.05) is 5.33 Å². The molecule has 0 aromatic heterocycles. The summed E-state index contributed by atoms with van der Waals surface area (Å²) in [4.78, 5) is 0. The van der Waals surface area contributed by atoms with E-state index >= 15 is 0 Å². The Kier molecular flexibility index (Phi) is 3.24. The van der Waals surface area contributed by atoms with E-state index in [1.54, 1.807) is 0 Å². The zero-order chi connectivity index (χ0) is 9.97. The average Bonchev–Trinajstić information content (AvgIpc) is 3.00. The quantitative estimate of drug-likeness (QED) is 0.747. The summed E-state index contributed by atoms with van der Waals surface area (Å²) < 4.78 is 5.89. The molecule has 0 aliphatic heterocycles. The zero-order valence-electron chi connectivity index (χ0n) is 8.37. The highest BCUT2D eigenvalue weighted by Gasteiger charge is 2.26. The Hall–Kier alpha value is -0.340. The summed E-state index contributed by atoms with van der Waals surface area (Å²) in [6.45, 7) is 2.11. The third-order valence-electron chi connectivity index (χ3n) is 2.47. The first-order chi connectivity index (χ1) is 6.79. The molecule has 1 aliphatic rings. The van der Waals surface area contributed by atoms with Gasteiger partial charge in [-0.1, -0.05) is 45.8 Å². The van der Waals surface area contributed by atoms with Crippen LogP contribution in [0.25, 0.3) is 0 Å². The summed E-state index contributed by atoms with van der Waals surface area (Å²) in [5.74, 6) is 0. The third-order valence-corrected chi connectivity index (χ3v) is 3.06. The lowest BCUT2D eigenvalue weighted by molar-refractivity contribution is 0.0559. The van der Waals surface area contributed by atoms with Crippen molar-refractivity contribution in [3.8, 4) is 0 Å². The standard InChI is InChI=1S/C12H15BrO/c1-9-2-4-10(5-3-9)12(8-13)14-11-6-7-11/h2-5,11-12H,6-8H2,1H3. The Morgan fingerprint density at radius 1 is 1.36 bits per heavy atom. The molecule has 1 nitrogen and oxygen atoms in total. The van der Waals surface area contributed by atoms with E-state index in [0.717, 1.165) is 5.33 Å². The van der Waals surface area contributed by atoms with Crippen LogP contribution in [0.1, 0.15) is 30.1 Å². The molecule has 0 spiro atoms. The van der Waals surface area contributed by atoms with Crippen LogP contribution in [0.5, 0.6) is 0 Å². The molecule has 1 unspecified atom stereocenters. The number of halogens is 1. The van der Waals surface area contributed by atoms with Gasteiger partial charge in [0.05, 0.1) is 12.2 Å². The van der Waals surface area contributed by atoms with Crippen molar-refractivity contribution in [3.05, 3.63) is 35.4 Å². The van der Waals surface area contributed by atoms with Crippen LogP contribution in [0.15, 0.2) is 24.3 Å². The van der Waals surface area contributed by atoms with Crippen LogP contribution in [-0.2, 0) is 4.74 Å². The van der Waals surface area contributed by atoms with E-state index in [1.807, 2.05) is 0 Å². The lowest BCUT2D eigenvalue weighted by Crippen LogP contribution is -2.07. The second-order valence-electron chi connectivity index (χ2n) is 3.89. The molecule has 0 heterocycles. The van der Waals surface area contributed by atoms with E-state index in [0.29, 0.717) is 6.10 Å². The summed E-state index contributed by atoms with van der Waals surface area (Å²) in [6.07, 6.45) is 3.20.